The van der Waals surface area contributed by atoms with E-state index in [9.17, 15) is 0 Å². The molecule has 3 aliphatic rings. The van der Waals surface area contributed by atoms with Crippen LogP contribution < -0.4 is 4.90 Å². The van der Waals surface area contributed by atoms with Crippen LogP contribution in [-0.4, -0.2) is 11.1 Å². The summed E-state index contributed by atoms with van der Waals surface area (Å²) in [5, 5.41) is 0. The first-order valence-electron chi connectivity index (χ1n) is 6.82. The van der Waals surface area contributed by atoms with Gasteiger partial charge >= 0.3 is 0 Å². The second-order valence-corrected chi connectivity index (χ2v) is 5.53. The van der Waals surface area contributed by atoms with Gasteiger partial charge in [0.25, 0.3) is 0 Å². The van der Waals surface area contributed by atoms with Crippen molar-refractivity contribution in [2.24, 2.45) is 0 Å². The van der Waals surface area contributed by atoms with E-state index in [0.717, 1.165) is 6.54 Å². The summed E-state index contributed by atoms with van der Waals surface area (Å²) in [7, 11) is 0. The van der Waals surface area contributed by atoms with Gasteiger partial charge in [-0.2, -0.15) is 0 Å². The number of rotatable bonds is 0. The molecule has 2 unspecified atom stereocenters. The average molecular weight is 246 g/mol. The highest BCUT2D eigenvalue weighted by Gasteiger charge is 2.46. The molecule has 92 valence electrons. The number of benzene rings is 2. The Bertz CT molecular complexity index is 704. The molecule has 3 aliphatic heterocycles. The van der Waals surface area contributed by atoms with Gasteiger partial charge < -0.3 is 9.80 Å². The highest BCUT2D eigenvalue weighted by molar-refractivity contribution is 5.68. The van der Waals surface area contributed by atoms with E-state index in [2.05, 4.69) is 70.7 Å². The lowest BCUT2D eigenvalue weighted by Crippen LogP contribution is -2.42. The fraction of sp³-hybridized carbons (Fsp3) is 0.176. The summed E-state index contributed by atoms with van der Waals surface area (Å²) < 4.78 is 0. The first-order chi connectivity index (χ1) is 9.43. The number of anilines is 1. The summed E-state index contributed by atoms with van der Waals surface area (Å²) in [5.41, 5.74) is 5.80. The third-order valence-electron chi connectivity index (χ3n) is 4.63. The molecule has 0 aromatic heterocycles. The zero-order valence-corrected chi connectivity index (χ0v) is 10.5. The number of fused-ring (bicyclic) bond motifs is 5. The van der Waals surface area contributed by atoms with Gasteiger partial charge in [0.2, 0.25) is 0 Å². The summed E-state index contributed by atoms with van der Waals surface area (Å²) in [4.78, 5) is 4.89. The second-order valence-electron chi connectivity index (χ2n) is 5.53. The predicted molar refractivity (Wildman–Crippen MR) is 75.7 cm³/mol. The van der Waals surface area contributed by atoms with Crippen molar-refractivity contribution in [3.8, 4) is 0 Å². The van der Waals surface area contributed by atoms with Crippen LogP contribution in [0, 0.1) is 0 Å². The van der Waals surface area contributed by atoms with Crippen molar-refractivity contribution in [2.75, 3.05) is 4.90 Å². The van der Waals surface area contributed by atoms with Gasteiger partial charge in [-0.3, -0.25) is 0 Å². The smallest absolute Gasteiger partial charge is 0.117 e. The van der Waals surface area contributed by atoms with Crippen molar-refractivity contribution in [1.82, 2.24) is 4.90 Å². The van der Waals surface area contributed by atoms with E-state index < -0.39 is 0 Å². The monoisotopic (exact) mass is 246 g/mol. The van der Waals surface area contributed by atoms with E-state index >= 15 is 0 Å². The topological polar surface area (TPSA) is 6.48 Å². The van der Waals surface area contributed by atoms with Crippen molar-refractivity contribution >= 4 is 5.69 Å². The Labute approximate surface area is 112 Å². The Morgan fingerprint density at radius 3 is 2.58 bits per heavy atom. The highest BCUT2D eigenvalue weighted by Crippen LogP contribution is 2.51. The van der Waals surface area contributed by atoms with Crippen LogP contribution in [-0.2, 0) is 6.54 Å². The van der Waals surface area contributed by atoms with Gasteiger partial charge in [-0.25, -0.2) is 0 Å². The van der Waals surface area contributed by atoms with E-state index in [4.69, 9.17) is 0 Å². The highest BCUT2D eigenvalue weighted by atomic mass is 15.4. The molecule has 0 aliphatic carbocycles. The number of para-hydroxylation sites is 1. The van der Waals surface area contributed by atoms with E-state index in [1.807, 2.05) is 0 Å². The van der Waals surface area contributed by atoms with Crippen LogP contribution in [0.15, 0.2) is 60.9 Å². The SMILES string of the molecule is C1=CN2c3ccccc3C3c4ccccc4CN1C32. The van der Waals surface area contributed by atoms with Gasteiger partial charge in [-0.1, -0.05) is 42.5 Å². The molecule has 2 heteroatoms. The lowest BCUT2D eigenvalue weighted by Gasteiger charge is -2.37. The van der Waals surface area contributed by atoms with Crippen LogP contribution in [0.4, 0.5) is 5.69 Å². The third-order valence-corrected chi connectivity index (χ3v) is 4.63. The minimum absolute atomic E-state index is 0.451. The number of nitrogens with zero attached hydrogens (tertiary/aromatic N) is 2. The Morgan fingerprint density at radius 2 is 1.63 bits per heavy atom. The van der Waals surface area contributed by atoms with Crippen LogP contribution in [0.1, 0.15) is 22.6 Å². The van der Waals surface area contributed by atoms with Crippen molar-refractivity contribution < 1.29 is 0 Å². The Kier molecular flexibility index (Phi) is 1.63. The number of hydrogen-bond acceptors (Lipinski definition) is 2. The molecule has 0 saturated heterocycles. The second kappa shape index (κ2) is 3.21. The molecule has 0 amide bonds. The van der Waals surface area contributed by atoms with Gasteiger partial charge in [0.05, 0.1) is 5.92 Å². The minimum Gasteiger partial charge on any atom is -0.351 e. The quantitative estimate of drug-likeness (QED) is 0.704. The first-order valence-corrected chi connectivity index (χ1v) is 6.82. The molecule has 3 heterocycles. The molecule has 0 spiro atoms. The van der Waals surface area contributed by atoms with Crippen LogP contribution in [0.2, 0.25) is 0 Å². The largest absolute Gasteiger partial charge is 0.351 e. The van der Waals surface area contributed by atoms with Gasteiger partial charge in [-0.05, 0) is 22.8 Å². The van der Waals surface area contributed by atoms with E-state index in [1.54, 1.807) is 0 Å². The van der Waals surface area contributed by atoms with Crippen LogP contribution in [0.3, 0.4) is 0 Å². The van der Waals surface area contributed by atoms with E-state index in [-0.39, 0.29) is 0 Å². The van der Waals surface area contributed by atoms with E-state index in [1.165, 1.54) is 22.4 Å². The first kappa shape index (κ1) is 9.68. The van der Waals surface area contributed by atoms with Gasteiger partial charge in [0.15, 0.2) is 0 Å². The molecule has 19 heavy (non-hydrogen) atoms. The molecule has 0 N–H and O–H groups in total. The molecule has 5 rings (SSSR count). The maximum atomic E-state index is 2.47. The maximum Gasteiger partial charge on any atom is 0.117 e. The van der Waals surface area contributed by atoms with Gasteiger partial charge in [0, 0.05) is 24.6 Å². The predicted octanol–water partition coefficient (Wildman–Crippen LogP) is 3.27. The minimum atomic E-state index is 0.451. The Morgan fingerprint density at radius 1 is 0.842 bits per heavy atom. The summed E-state index contributed by atoms with van der Waals surface area (Å²) >= 11 is 0. The summed E-state index contributed by atoms with van der Waals surface area (Å²) in [6.45, 7) is 1.03. The molecular formula is C17H14N2. The molecule has 0 fully saturated rings. The van der Waals surface area contributed by atoms with Crippen LogP contribution >= 0.6 is 0 Å². The molecule has 2 aromatic carbocycles. The van der Waals surface area contributed by atoms with Crippen molar-refractivity contribution in [2.45, 2.75) is 18.6 Å². The lowest BCUT2D eigenvalue weighted by atomic mass is 9.84. The molecule has 2 nitrogen and oxygen atoms in total. The van der Waals surface area contributed by atoms with Crippen LogP contribution in [0.5, 0.6) is 0 Å². The van der Waals surface area contributed by atoms with Crippen molar-refractivity contribution in [1.29, 1.82) is 0 Å². The van der Waals surface area contributed by atoms with Gasteiger partial charge in [-0.15, -0.1) is 0 Å². The fourth-order valence-electron chi connectivity index (χ4n) is 3.87. The standard InChI is InChI=1S/C17H14N2/c1-2-6-13-12(5-1)11-18-9-10-19-15-8-4-3-7-14(15)16(13)17(18)19/h1-10,16-17H,11H2. The molecule has 2 atom stereocenters. The number of hydrogen-bond donors (Lipinski definition) is 0. The summed E-state index contributed by atoms with van der Waals surface area (Å²) in [6, 6.07) is 17.7. The molecular weight excluding hydrogens is 232 g/mol. The normalized spacial score (nSPS) is 25.3. The van der Waals surface area contributed by atoms with Crippen LogP contribution in [0.25, 0.3) is 0 Å². The summed E-state index contributed by atoms with van der Waals surface area (Å²) in [6.07, 6.45) is 4.92. The zero-order valence-electron chi connectivity index (χ0n) is 10.5. The lowest BCUT2D eigenvalue weighted by molar-refractivity contribution is 0.260. The van der Waals surface area contributed by atoms with Gasteiger partial charge in [0.1, 0.15) is 6.17 Å². The fourth-order valence-corrected chi connectivity index (χ4v) is 3.87. The molecule has 0 bridgehead atoms. The van der Waals surface area contributed by atoms with Crippen molar-refractivity contribution in [3.05, 3.63) is 77.6 Å². The molecule has 2 aromatic rings. The molecule has 0 radical (unpaired) electrons. The van der Waals surface area contributed by atoms with Crippen molar-refractivity contribution in [3.63, 3.8) is 0 Å². The molecule has 0 saturated carbocycles. The third kappa shape index (κ3) is 1.08. The van der Waals surface area contributed by atoms with E-state index in [0.29, 0.717) is 12.1 Å². The zero-order chi connectivity index (χ0) is 12.4. The summed E-state index contributed by atoms with van der Waals surface area (Å²) in [5.74, 6) is 0.483. The average Bonchev–Trinajstić information content (AvgIpc) is 3.02. The Balaban J connectivity index is 1.82. The Hall–Kier alpha value is -2.22. The maximum absolute atomic E-state index is 2.47.